The van der Waals surface area contributed by atoms with Crippen LogP contribution in [0.15, 0.2) is 77.7 Å². The van der Waals surface area contributed by atoms with Crippen molar-refractivity contribution in [3.05, 3.63) is 78.4 Å². The lowest BCUT2D eigenvalue weighted by Gasteiger charge is -2.31. The molecule has 1 fully saturated rings. The van der Waals surface area contributed by atoms with Gasteiger partial charge >= 0.3 is 6.18 Å². The van der Waals surface area contributed by atoms with Crippen molar-refractivity contribution in [3.63, 3.8) is 0 Å². The topological polar surface area (TPSA) is 61.4 Å². The molecule has 0 spiro atoms. The molecule has 0 aromatic heterocycles. The van der Waals surface area contributed by atoms with E-state index < -0.39 is 21.8 Å². The maximum Gasteiger partial charge on any atom is 0.416 e. The Morgan fingerprint density at radius 2 is 1.47 bits per heavy atom. The van der Waals surface area contributed by atoms with Gasteiger partial charge in [-0.25, -0.2) is 8.42 Å². The Morgan fingerprint density at radius 3 is 2.09 bits per heavy atom. The van der Waals surface area contributed by atoms with E-state index >= 15 is 0 Å². The number of nitrogens with zero attached hydrogens (tertiary/aromatic N) is 1. The summed E-state index contributed by atoms with van der Waals surface area (Å²) in [6, 6.07) is 18.9. The molecule has 0 saturated carbocycles. The van der Waals surface area contributed by atoms with Gasteiger partial charge in [-0.15, -0.1) is 0 Å². The summed E-state index contributed by atoms with van der Waals surface area (Å²) in [5, 5.41) is 3.17. The number of piperazine rings is 1. The van der Waals surface area contributed by atoms with Crippen LogP contribution in [0.5, 0.6) is 0 Å². The predicted octanol–water partition coefficient (Wildman–Crippen LogP) is 4.58. The predicted molar refractivity (Wildman–Crippen MR) is 119 cm³/mol. The fraction of sp³-hybridized carbons (Fsp3) is 0.217. The van der Waals surface area contributed by atoms with E-state index in [4.69, 9.17) is 0 Å². The lowest BCUT2D eigenvalue weighted by atomic mass is 10.1. The van der Waals surface area contributed by atoms with Crippen LogP contribution in [-0.2, 0) is 16.2 Å². The highest BCUT2D eigenvalue weighted by molar-refractivity contribution is 7.92. The van der Waals surface area contributed by atoms with E-state index in [1.165, 1.54) is 18.2 Å². The maximum absolute atomic E-state index is 13.3. The normalized spacial score (nSPS) is 14.9. The van der Waals surface area contributed by atoms with Crippen LogP contribution in [0.3, 0.4) is 0 Å². The first-order valence-corrected chi connectivity index (χ1v) is 11.6. The summed E-state index contributed by atoms with van der Waals surface area (Å²) in [5.41, 5.74) is 1.19. The van der Waals surface area contributed by atoms with E-state index in [1.807, 2.05) is 35.2 Å². The minimum Gasteiger partial charge on any atom is -0.367 e. The third kappa shape index (κ3) is 4.89. The molecule has 0 atom stereocenters. The van der Waals surface area contributed by atoms with Gasteiger partial charge in [0.2, 0.25) is 0 Å². The fourth-order valence-corrected chi connectivity index (χ4v) is 4.70. The van der Waals surface area contributed by atoms with Gasteiger partial charge in [0, 0.05) is 26.2 Å². The minimum atomic E-state index is -4.58. The molecule has 0 unspecified atom stereocenters. The SMILES string of the molecule is O=S(=O)(Nc1cc(C(F)(F)F)ccc1N1CCNCC1)c1ccc(-c2ccccc2)cc1. The minimum absolute atomic E-state index is 0.0270. The number of rotatable bonds is 5. The third-order valence-electron chi connectivity index (χ3n) is 5.30. The number of anilines is 2. The molecular weight excluding hydrogens is 439 g/mol. The van der Waals surface area contributed by atoms with Gasteiger partial charge in [0.15, 0.2) is 0 Å². The van der Waals surface area contributed by atoms with Crippen molar-refractivity contribution in [2.45, 2.75) is 11.1 Å². The number of hydrogen-bond donors (Lipinski definition) is 2. The van der Waals surface area contributed by atoms with Gasteiger partial charge < -0.3 is 10.2 Å². The van der Waals surface area contributed by atoms with Crippen molar-refractivity contribution in [1.29, 1.82) is 0 Å². The summed E-state index contributed by atoms with van der Waals surface area (Å²) >= 11 is 0. The molecule has 168 valence electrons. The molecule has 0 amide bonds. The van der Waals surface area contributed by atoms with Crippen LogP contribution in [0.4, 0.5) is 24.5 Å². The van der Waals surface area contributed by atoms with E-state index in [0.717, 1.165) is 23.3 Å². The first-order valence-electron chi connectivity index (χ1n) is 10.1. The smallest absolute Gasteiger partial charge is 0.367 e. The molecule has 0 radical (unpaired) electrons. The van der Waals surface area contributed by atoms with Crippen LogP contribution in [-0.4, -0.2) is 34.6 Å². The monoisotopic (exact) mass is 461 g/mol. The molecule has 5 nitrogen and oxygen atoms in total. The molecule has 3 aromatic rings. The van der Waals surface area contributed by atoms with Gasteiger partial charge in [-0.05, 0) is 41.5 Å². The number of benzene rings is 3. The molecule has 4 rings (SSSR count). The second kappa shape index (κ2) is 8.84. The van der Waals surface area contributed by atoms with Gasteiger partial charge in [-0.2, -0.15) is 13.2 Å². The zero-order chi connectivity index (χ0) is 22.8. The van der Waals surface area contributed by atoms with Crippen LogP contribution in [0.2, 0.25) is 0 Å². The van der Waals surface area contributed by atoms with Gasteiger partial charge in [-0.3, -0.25) is 4.72 Å². The maximum atomic E-state index is 13.3. The molecule has 0 aliphatic carbocycles. The lowest BCUT2D eigenvalue weighted by Crippen LogP contribution is -2.43. The first-order chi connectivity index (χ1) is 15.2. The average molecular weight is 462 g/mol. The Labute approximate surface area is 184 Å². The van der Waals surface area contributed by atoms with Crippen LogP contribution < -0.4 is 14.9 Å². The molecule has 32 heavy (non-hydrogen) atoms. The van der Waals surface area contributed by atoms with Crippen LogP contribution in [0.1, 0.15) is 5.56 Å². The van der Waals surface area contributed by atoms with E-state index in [1.54, 1.807) is 12.1 Å². The molecule has 0 bridgehead atoms. The second-order valence-electron chi connectivity index (χ2n) is 7.46. The molecule has 3 aromatic carbocycles. The van der Waals surface area contributed by atoms with Crippen LogP contribution in [0, 0.1) is 0 Å². The van der Waals surface area contributed by atoms with Crippen molar-refractivity contribution >= 4 is 21.4 Å². The highest BCUT2D eigenvalue weighted by atomic mass is 32.2. The highest BCUT2D eigenvalue weighted by Crippen LogP contribution is 2.36. The van der Waals surface area contributed by atoms with Crippen molar-refractivity contribution < 1.29 is 21.6 Å². The summed E-state index contributed by atoms with van der Waals surface area (Å²) in [4.78, 5) is 1.84. The van der Waals surface area contributed by atoms with E-state index in [-0.39, 0.29) is 10.6 Å². The molecule has 2 N–H and O–H groups in total. The fourth-order valence-electron chi connectivity index (χ4n) is 3.64. The summed E-state index contributed by atoms with van der Waals surface area (Å²) in [6.07, 6.45) is -4.58. The summed E-state index contributed by atoms with van der Waals surface area (Å²) in [6.45, 7) is 2.44. The Hall–Kier alpha value is -3.04. The molecule has 9 heteroatoms. The Balaban J connectivity index is 1.66. The second-order valence-corrected chi connectivity index (χ2v) is 9.15. The molecule has 1 saturated heterocycles. The molecular formula is C23H22F3N3O2S. The third-order valence-corrected chi connectivity index (χ3v) is 6.68. The van der Waals surface area contributed by atoms with Crippen molar-refractivity contribution in [2.75, 3.05) is 35.8 Å². The van der Waals surface area contributed by atoms with E-state index in [9.17, 15) is 21.6 Å². The highest BCUT2D eigenvalue weighted by Gasteiger charge is 2.32. The number of alkyl halides is 3. The van der Waals surface area contributed by atoms with Crippen molar-refractivity contribution in [3.8, 4) is 11.1 Å². The molecule has 1 heterocycles. The quantitative estimate of drug-likeness (QED) is 0.584. The summed E-state index contributed by atoms with van der Waals surface area (Å²) < 4.78 is 68.3. The van der Waals surface area contributed by atoms with Crippen molar-refractivity contribution in [2.24, 2.45) is 0 Å². The number of nitrogens with one attached hydrogen (secondary N) is 2. The van der Waals surface area contributed by atoms with Crippen molar-refractivity contribution in [1.82, 2.24) is 5.32 Å². The Kier molecular flexibility index (Phi) is 6.12. The van der Waals surface area contributed by atoms with Gasteiger partial charge in [0.05, 0.1) is 21.8 Å². The van der Waals surface area contributed by atoms with Gasteiger partial charge in [0.1, 0.15) is 0 Å². The largest absolute Gasteiger partial charge is 0.416 e. The number of hydrogen-bond acceptors (Lipinski definition) is 4. The standard InChI is InChI=1S/C23H22F3N3O2S/c24-23(25,26)19-8-11-22(29-14-12-27-13-15-29)21(16-19)28-32(30,31)20-9-6-18(7-10-20)17-4-2-1-3-5-17/h1-11,16,27-28H,12-15H2. The molecule has 1 aliphatic rings. The average Bonchev–Trinajstić information content (AvgIpc) is 2.79. The summed E-state index contributed by atoms with van der Waals surface area (Å²) in [7, 11) is -4.10. The summed E-state index contributed by atoms with van der Waals surface area (Å²) in [5.74, 6) is 0. The lowest BCUT2D eigenvalue weighted by molar-refractivity contribution is -0.137. The van der Waals surface area contributed by atoms with Gasteiger partial charge in [0.25, 0.3) is 10.0 Å². The van der Waals surface area contributed by atoms with E-state index in [0.29, 0.717) is 31.9 Å². The molecule has 1 aliphatic heterocycles. The van der Waals surface area contributed by atoms with Crippen LogP contribution >= 0.6 is 0 Å². The zero-order valence-corrected chi connectivity index (χ0v) is 17.9. The first kappa shape index (κ1) is 22.2. The number of halogens is 3. The van der Waals surface area contributed by atoms with Crippen LogP contribution in [0.25, 0.3) is 11.1 Å². The Morgan fingerprint density at radius 1 is 0.844 bits per heavy atom. The zero-order valence-electron chi connectivity index (χ0n) is 17.1. The Bertz CT molecular complexity index is 1180. The van der Waals surface area contributed by atoms with E-state index in [2.05, 4.69) is 10.0 Å². The van der Waals surface area contributed by atoms with Gasteiger partial charge in [-0.1, -0.05) is 42.5 Å². The number of sulfonamides is 1.